The van der Waals surface area contributed by atoms with Gasteiger partial charge in [0, 0.05) is 0 Å². The molecule has 0 atom stereocenters. The topological polar surface area (TPSA) is 25.8 Å². The summed E-state index contributed by atoms with van der Waals surface area (Å²) in [5, 5.41) is 1.25. The molecule has 2 nitrogen and oxygen atoms in total. The summed E-state index contributed by atoms with van der Waals surface area (Å²) in [6.45, 7) is 3.90. The number of hydrogen-bond donors (Lipinski definition) is 0. The maximum absolute atomic E-state index is 5.69. The van der Waals surface area contributed by atoms with Crippen molar-refractivity contribution in [3.8, 4) is 0 Å². The monoisotopic (exact) mass is 187 g/mol. The standard InChI is InChI=1S/C7H8ClN2S/c1-3-11-7-9-4-6(8)5(2)10-7/h3H2,1-2H3. The molecule has 0 bridgehead atoms. The number of hydrogen-bond acceptors (Lipinski definition) is 3. The molecular formula is C7H8ClN2S. The van der Waals surface area contributed by atoms with Crippen molar-refractivity contribution in [2.75, 3.05) is 5.75 Å². The molecule has 59 valence electrons. The second-order valence-corrected chi connectivity index (χ2v) is 3.56. The molecule has 0 amide bonds. The fourth-order valence-corrected chi connectivity index (χ4v) is 1.24. The van der Waals surface area contributed by atoms with Gasteiger partial charge in [-0.1, -0.05) is 30.3 Å². The van der Waals surface area contributed by atoms with Gasteiger partial charge in [0.2, 0.25) is 0 Å². The molecule has 1 aromatic heterocycles. The summed E-state index contributed by atoms with van der Waals surface area (Å²) in [4.78, 5) is 8.07. The zero-order valence-electron chi connectivity index (χ0n) is 6.39. The molecule has 1 aromatic rings. The minimum atomic E-state index is 0.505. The summed E-state index contributed by atoms with van der Waals surface area (Å²) in [7, 11) is 0. The molecular weight excluding hydrogens is 180 g/mol. The van der Waals surface area contributed by atoms with Crippen LogP contribution in [0, 0.1) is 13.1 Å². The SMILES string of the molecule is CCSc1n[c]c(Cl)c(C)n1. The highest BCUT2D eigenvalue weighted by Gasteiger charge is 2.00. The Bertz CT molecular complexity index is 252. The van der Waals surface area contributed by atoms with Gasteiger partial charge in [0.05, 0.1) is 10.7 Å². The van der Waals surface area contributed by atoms with Crippen LogP contribution in [0.15, 0.2) is 5.16 Å². The van der Waals surface area contributed by atoms with E-state index in [1.54, 1.807) is 11.8 Å². The van der Waals surface area contributed by atoms with E-state index in [1.807, 2.05) is 6.92 Å². The van der Waals surface area contributed by atoms with Gasteiger partial charge in [0.15, 0.2) is 5.16 Å². The van der Waals surface area contributed by atoms with Crippen LogP contribution >= 0.6 is 23.4 Å². The molecule has 0 saturated heterocycles. The Morgan fingerprint density at radius 2 is 2.36 bits per heavy atom. The molecule has 0 N–H and O–H groups in total. The number of aromatic nitrogens is 2. The molecule has 0 saturated carbocycles. The van der Waals surface area contributed by atoms with E-state index in [9.17, 15) is 0 Å². The van der Waals surface area contributed by atoms with Crippen LogP contribution in [0.2, 0.25) is 5.02 Å². The number of halogens is 1. The predicted molar refractivity (Wildman–Crippen MR) is 47.0 cm³/mol. The van der Waals surface area contributed by atoms with Gasteiger partial charge in [-0.05, 0) is 12.7 Å². The van der Waals surface area contributed by atoms with E-state index in [0.29, 0.717) is 5.02 Å². The van der Waals surface area contributed by atoms with Gasteiger partial charge < -0.3 is 0 Å². The van der Waals surface area contributed by atoms with Crippen molar-refractivity contribution in [2.24, 2.45) is 0 Å². The molecule has 0 spiro atoms. The van der Waals surface area contributed by atoms with Gasteiger partial charge in [-0.15, -0.1) is 0 Å². The highest BCUT2D eigenvalue weighted by Crippen LogP contribution is 2.15. The van der Waals surface area contributed by atoms with E-state index < -0.39 is 0 Å². The molecule has 0 aliphatic carbocycles. The van der Waals surface area contributed by atoms with Crippen molar-refractivity contribution in [2.45, 2.75) is 19.0 Å². The van der Waals surface area contributed by atoms with Gasteiger partial charge in [-0.3, -0.25) is 0 Å². The summed E-state index contributed by atoms with van der Waals surface area (Å²) in [6, 6.07) is 0. The first-order valence-corrected chi connectivity index (χ1v) is 4.65. The lowest BCUT2D eigenvalue weighted by molar-refractivity contribution is 0.927. The van der Waals surface area contributed by atoms with Crippen LogP contribution in [-0.4, -0.2) is 15.7 Å². The average molecular weight is 188 g/mol. The van der Waals surface area contributed by atoms with E-state index in [0.717, 1.165) is 16.6 Å². The van der Waals surface area contributed by atoms with Crippen molar-refractivity contribution in [1.82, 2.24) is 9.97 Å². The Morgan fingerprint density at radius 3 is 2.91 bits per heavy atom. The minimum Gasteiger partial charge on any atom is -0.226 e. The van der Waals surface area contributed by atoms with E-state index in [-0.39, 0.29) is 0 Å². The lowest BCUT2D eigenvalue weighted by atomic mass is 10.5. The smallest absolute Gasteiger partial charge is 0.188 e. The van der Waals surface area contributed by atoms with Crippen molar-refractivity contribution in [3.63, 3.8) is 0 Å². The van der Waals surface area contributed by atoms with E-state index in [2.05, 4.69) is 23.1 Å². The molecule has 0 aliphatic heterocycles. The highest BCUT2D eigenvalue weighted by atomic mass is 35.5. The molecule has 0 unspecified atom stereocenters. The second-order valence-electron chi connectivity index (χ2n) is 1.95. The van der Waals surface area contributed by atoms with Crippen molar-refractivity contribution in [1.29, 1.82) is 0 Å². The van der Waals surface area contributed by atoms with Gasteiger partial charge in [-0.25, -0.2) is 9.97 Å². The number of thioether (sulfide) groups is 1. The predicted octanol–water partition coefficient (Wildman–Crippen LogP) is 2.35. The Morgan fingerprint density at radius 1 is 1.64 bits per heavy atom. The molecule has 0 fully saturated rings. The minimum absolute atomic E-state index is 0.505. The number of rotatable bonds is 2. The van der Waals surface area contributed by atoms with Crippen LogP contribution in [0.4, 0.5) is 0 Å². The fraction of sp³-hybridized carbons (Fsp3) is 0.429. The Hall–Kier alpha value is -0.280. The van der Waals surface area contributed by atoms with E-state index >= 15 is 0 Å². The maximum Gasteiger partial charge on any atom is 0.188 e. The Labute approximate surface area is 75.4 Å². The maximum atomic E-state index is 5.69. The lowest BCUT2D eigenvalue weighted by Gasteiger charge is -1.98. The van der Waals surface area contributed by atoms with E-state index in [1.165, 1.54) is 0 Å². The van der Waals surface area contributed by atoms with Crippen molar-refractivity contribution < 1.29 is 0 Å². The van der Waals surface area contributed by atoms with Gasteiger partial charge in [0.1, 0.15) is 6.20 Å². The van der Waals surface area contributed by atoms with Crippen LogP contribution in [0.25, 0.3) is 0 Å². The summed E-state index contributed by atoms with van der Waals surface area (Å²) < 4.78 is 0. The van der Waals surface area contributed by atoms with Crippen LogP contribution in [0.1, 0.15) is 12.6 Å². The second kappa shape index (κ2) is 3.93. The van der Waals surface area contributed by atoms with Crippen LogP contribution < -0.4 is 0 Å². The fourth-order valence-electron chi connectivity index (χ4n) is 0.589. The highest BCUT2D eigenvalue weighted by molar-refractivity contribution is 7.99. The first-order chi connectivity index (χ1) is 5.24. The lowest BCUT2D eigenvalue weighted by Crippen LogP contribution is -1.90. The van der Waals surface area contributed by atoms with Crippen molar-refractivity contribution >= 4 is 23.4 Å². The molecule has 4 heteroatoms. The first-order valence-electron chi connectivity index (χ1n) is 3.28. The van der Waals surface area contributed by atoms with Gasteiger partial charge in [0.25, 0.3) is 0 Å². The Balaban J connectivity index is 2.86. The summed E-state index contributed by atoms with van der Waals surface area (Å²) in [5.41, 5.74) is 0.789. The van der Waals surface area contributed by atoms with E-state index in [4.69, 9.17) is 11.6 Å². The van der Waals surface area contributed by atoms with Crippen LogP contribution in [0.5, 0.6) is 0 Å². The third-order valence-electron chi connectivity index (χ3n) is 1.10. The largest absolute Gasteiger partial charge is 0.226 e. The molecule has 1 radical (unpaired) electrons. The molecule has 1 rings (SSSR count). The summed E-state index contributed by atoms with van der Waals surface area (Å²) in [6.07, 6.45) is 2.69. The normalized spacial score (nSPS) is 10.1. The third-order valence-corrected chi connectivity index (χ3v) is 2.19. The van der Waals surface area contributed by atoms with Gasteiger partial charge >= 0.3 is 0 Å². The zero-order valence-corrected chi connectivity index (χ0v) is 7.96. The number of aryl methyl sites for hydroxylation is 1. The molecule has 11 heavy (non-hydrogen) atoms. The first kappa shape index (κ1) is 8.81. The third kappa shape index (κ3) is 2.34. The van der Waals surface area contributed by atoms with Gasteiger partial charge in [-0.2, -0.15) is 0 Å². The molecule has 1 heterocycles. The van der Waals surface area contributed by atoms with Crippen LogP contribution in [0.3, 0.4) is 0 Å². The summed E-state index contributed by atoms with van der Waals surface area (Å²) in [5.74, 6) is 0.967. The summed E-state index contributed by atoms with van der Waals surface area (Å²) >= 11 is 7.28. The molecule has 0 aliphatic rings. The van der Waals surface area contributed by atoms with Crippen LogP contribution in [-0.2, 0) is 0 Å². The zero-order chi connectivity index (χ0) is 8.27. The average Bonchev–Trinajstić information content (AvgIpc) is 1.98. The quantitative estimate of drug-likeness (QED) is 0.525. The van der Waals surface area contributed by atoms with Crippen molar-refractivity contribution in [3.05, 3.63) is 16.9 Å². The number of nitrogens with zero attached hydrogens (tertiary/aromatic N) is 2. The molecule has 0 aromatic carbocycles. The Kier molecular flexibility index (Phi) is 3.15.